The van der Waals surface area contributed by atoms with Crippen LogP contribution in [0, 0.1) is 0 Å². The van der Waals surface area contributed by atoms with E-state index in [0.717, 1.165) is 42.3 Å². The molecule has 2 nitrogen and oxygen atoms in total. The minimum Gasteiger partial charge on any atom is -0.339 e. The van der Waals surface area contributed by atoms with Crippen LogP contribution in [0.25, 0.3) is 10.8 Å². The maximum atomic E-state index is 12.9. The van der Waals surface area contributed by atoms with Crippen LogP contribution in [0.1, 0.15) is 34.0 Å². The normalized spacial score (nSPS) is 15.9. The van der Waals surface area contributed by atoms with Crippen molar-refractivity contribution in [1.29, 1.82) is 0 Å². The molecule has 1 aliphatic rings. The van der Waals surface area contributed by atoms with E-state index in [1.54, 1.807) is 0 Å². The van der Waals surface area contributed by atoms with E-state index >= 15 is 0 Å². The second-order valence-corrected chi connectivity index (χ2v) is 7.09. The molecule has 0 atom stereocenters. The summed E-state index contributed by atoms with van der Waals surface area (Å²) < 4.78 is 0. The predicted molar refractivity (Wildman–Crippen MR) is 96.1 cm³/mol. The Morgan fingerprint density at radius 1 is 0.957 bits per heavy atom. The molecule has 0 saturated carbocycles. The molecule has 0 radical (unpaired) electrons. The van der Waals surface area contributed by atoms with Crippen LogP contribution in [-0.2, 0) is 0 Å². The molecule has 3 heteroatoms. The van der Waals surface area contributed by atoms with Crippen LogP contribution in [0.15, 0.2) is 60.0 Å². The Hall–Kier alpha value is -2.13. The zero-order chi connectivity index (χ0) is 15.6. The number of amides is 1. The molecule has 0 spiro atoms. The van der Waals surface area contributed by atoms with Gasteiger partial charge in [-0.05, 0) is 47.0 Å². The summed E-state index contributed by atoms with van der Waals surface area (Å²) in [6, 6.07) is 18.5. The van der Waals surface area contributed by atoms with E-state index < -0.39 is 0 Å². The molecule has 1 aromatic heterocycles. The van der Waals surface area contributed by atoms with Crippen molar-refractivity contribution >= 4 is 28.0 Å². The summed E-state index contributed by atoms with van der Waals surface area (Å²) in [5.74, 6) is 0.790. The SMILES string of the molecule is O=C(c1cccc2ccccc12)N1CCC(c2cccs2)CC1. The molecule has 0 aliphatic carbocycles. The smallest absolute Gasteiger partial charge is 0.254 e. The number of fused-ring (bicyclic) bond motifs is 1. The largest absolute Gasteiger partial charge is 0.339 e. The summed E-state index contributed by atoms with van der Waals surface area (Å²) in [5.41, 5.74) is 0.831. The van der Waals surface area contributed by atoms with Crippen LogP contribution < -0.4 is 0 Å². The highest BCUT2D eigenvalue weighted by Gasteiger charge is 2.25. The number of likely N-dealkylation sites (tertiary alicyclic amines) is 1. The van der Waals surface area contributed by atoms with Crippen molar-refractivity contribution in [2.24, 2.45) is 0 Å². The molecule has 2 heterocycles. The summed E-state index contributed by atoms with van der Waals surface area (Å²) in [6.45, 7) is 1.70. The van der Waals surface area contributed by atoms with Crippen LogP contribution in [0.4, 0.5) is 0 Å². The topological polar surface area (TPSA) is 20.3 Å². The number of carbonyl (C=O) groups excluding carboxylic acids is 1. The molecule has 0 unspecified atom stereocenters. The number of thiophene rings is 1. The summed E-state index contributed by atoms with van der Waals surface area (Å²) in [4.78, 5) is 16.4. The molecular formula is C20H19NOS. The highest BCUT2D eigenvalue weighted by molar-refractivity contribution is 7.10. The second kappa shape index (κ2) is 6.17. The van der Waals surface area contributed by atoms with E-state index in [2.05, 4.69) is 29.6 Å². The molecule has 0 bridgehead atoms. The molecule has 1 fully saturated rings. The third-order valence-corrected chi connectivity index (χ3v) is 5.78. The van der Waals surface area contributed by atoms with Gasteiger partial charge in [0.25, 0.3) is 5.91 Å². The Morgan fingerprint density at radius 2 is 1.74 bits per heavy atom. The van der Waals surface area contributed by atoms with E-state index in [4.69, 9.17) is 0 Å². The number of piperidine rings is 1. The Morgan fingerprint density at radius 3 is 2.52 bits per heavy atom. The zero-order valence-corrected chi connectivity index (χ0v) is 13.8. The van der Waals surface area contributed by atoms with Gasteiger partial charge in [-0.3, -0.25) is 4.79 Å². The van der Waals surface area contributed by atoms with Crippen molar-refractivity contribution in [2.75, 3.05) is 13.1 Å². The molecule has 1 aliphatic heterocycles. The highest BCUT2D eigenvalue weighted by atomic mass is 32.1. The molecule has 2 aromatic carbocycles. The van der Waals surface area contributed by atoms with Crippen molar-refractivity contribution < 1.29 is 4.79 Å². The maximum Gasteiger partial charge on any atom is 0.254 e. The fourth-order valence-corrected chi connectivity index (χ4v) is 4.37. The molecule has 3 aromatic rings. The third-order valence-electron chi connectivity index (χ3n) is 4.75. The van der Waals surface area contributed by atoms with E-state index in [-0.39, 0.29) is 5.91 Å². The van der Waals surface area contributed by atoms with Gasteiger partial charge in [0, 0.05) is 23.5 Å². The standard InChI is InChI=1S/C20H19NOS/c22-20(18-8-3-6-15-5-1-2-7-17(15)18)21-12-10-16(11-13-21)19-9-4-14-23-19/h1-9,14,16H,10-13H2. The Balaban J connectivity index is 1.54. The van der Waals surface area contributed by atoms with Gasteiger partial charge in [-0.15, -0.1) is 11.3 Å². The molecule has 4 rings (SSSR count). The van der Waals surface area contributed by atoms with Gasteiger partial charge in [0.2, 0.25) is 0 Å². The predicted octanol–water partition coefficient (Wildman–Crippen LogP) is 4.92. The van der Waals surface area contributed by atoms with Gasteiger partial charge in [-0.2, -0.15) is 0 Å². The Labute approximate surface area is 140 Å². The lowest BCUT2D eigenvalue weighted by Crippen LogP contribution is -2.37. The first kappa shape index (κ1) is 14.5. The summed E-state index contributed by atoms with van der Waals surface area (Å²) in [5, 5.41) is 4.33. The summed E-state index contributed by atoms with van der Waals surface area (Å²) in [6.07, 6.45) is 2.13. The van der Waals surface area contributed by atoms with Gasteiger partial charge in [0.15, 0.2) is 0 Å². The van der Waals surface area contributed by atoms with Crippen LogP contribution in [0.5, 0.6) is 0 Å². The van der Waals surface area contributed by atoms with Crippen molar-refractivity contribution in [1.82, 2.24) is 4.90 Å². The monoisotopic (exact) mass is 321 g/mol. The molecule has 1 amide bonds. The number of benzene rings is 2. The van der Waals surface area contributed by atoms with Crippen molar-refractivity contribution in [3.05, 3.63) is 70.4 Å². The maximum absolute atomic E-state index is 12.9. The Bertz CT molecular complexity index is 811. The number of hydrogen-bond acceptors (Lipinski definition) is 2. The number of hydrogen-bond donors (Lipinski definition) is 0. The summed E-state index contributed by atoms with van der Waals surface area (Å²) in [7, 11) is 0. The lowest BCUT2D eigenvalue weighted by Gasteiger charge is -2.32. The van der Waals surface area contributed by atoms with Crippen LogP contribution in [0.3, 0.4) is 0 Å². The second-order valence-electron chi connectivity index (χ2n) is 6.11. The van der Waals surface area contributed by atoms with E-state index in [1.807, 2.05) is 46.6 Å². The fourth-order valence-electron chi connectivity index (χ4n) is 3.47. The molecule has 23 heavy (non-hydrogen) atoms. The quantitative estimate of drug-likeness (QED) is 0.656. The number of rotatable bonds is 2. The average molecular weight is 321 g/mol. The fraction of sp³-hybridized carbons (Fsp3) is 0.250. The highest BCUT2D eigenvalue weighted by Crippen LogP contribution is 2.32. The number of carbonyl (C=O) groups is 1. The summed E-state index contributed by atoms with van der Waals surface area (Å²) >= 11 is 1.83. The minimum atomic E-state index is 0.173. The van der Waals surface area contributed by atoms with Crippen LogP contribution in [-0.4, -0.2) is 23.9 Å². The van der Waals surface area contributed by atoms with E-state index in [1.165, 1.54) is 4.88 Å². The first-order valence-corrected chi connectivity index (χ1v) is 9.01. The molecule has 1 saturated heterocycles. The Kier molecular flexibility index (Phi) is 3.88. The molecule has 0 N–H and O–H groups in total. The van der Waals surface area contributed by atoms with Gasteiger partial charge in [-0.25, -0.2) is 0 Å². The van der Waals surface area contributed by atoms with Gasteiger partial charge in [0.1, 0.15) is 0 Å². The molecule has 116 valence electrons. The van der Waals surface area contributed by atoms with Gasteiger partial charge >= 0.3 is 0 Å². The lowest BCUT2D eigenvalue weighted by molar-refractivity contribution is 0.0716. The van der Waals surface area contributed by atoms with E-state index in [9.17, 15) is 4.79 Å². The van der Waals surface area contributed by atoms with Crippen molar-refractivity contribution in [2.45, 2.75) is 18.8 Å². The van der Waals surface area contributed by atoms with Gasteiger partial charge in [0.05, 0.1) is 0 Å². The van der Waals surface area contributed by atoms with Crippen LogP contribution >= 0.6 is 11.3 Å². The number of nitrogens with zero attached hydrogens (tertiary/aromatic N) is 1. The van der Waals surface area contributed by atoms with Crippen molar-refractivity contribution in [3.8, 4) is 0 Å². The van der Waals surface area contributed by atoms with Crippen molar-refractivity contribution in [3.63, 3.8) is 0 Å². The van der Waals surface area contributed by atoms with Gasteiger partial charge in [-0.1, -0.05) is 42.5 Å². The first-order chi connectivity index (χ1) is 11.3. The average Bonchev–Trinajstić information content (AvgIpc) is 3.15. The first-order valence-electron chi connectivity index (χ1n) is 8.13. The molecular weight excluding hydrogens is 302 g/mol. The zero-order valence-electron chi connectivity index (χ0n) is 12.9. The van der Waals surface area contributed by atoms with E-state index in [0.29, 0.717) is 5.92 Å². The van der Waals surface area contributed by atoms with Crippen LogP contribution in [0.2, 0.25) is 0 Å². The third kappa shape index (κ3) is 2.77. The van der Waals surface area contributed by atoms with Gasteiger partial charge < -0.3 is 4.90 Å². The minimum absolute atomic E-state index is 0.173. The lowest BCUT2D eigenvalue weighted by atomic mass is 9.94.